The number of allylic oxidation sites excluding steroid dienone is 1. The average Bonchev–Trinajstić information content (AvgIpc) is 3.24. The summed E-state index contributed by atoms with van der Waals surface area (Å²) in [6.07, 6.45) is 3.42. The molecule has 5 rings (SSSR count). The van der Waals surface area contributed by atoms with Gasteiger partial charge in [0.1, 0.15) is 0 Å². The lowest BCUT2D eigenvalue weighted by molar-refractivity contribution is 0.868. The zero-order valence-electron chi connectivity index (χ0n) is 17.6. The van der Waals surface area contributed by atoms with Gasteiger partial charge >= 0.3 is 0 Å². The first-order chi connectivity index (χ1) is 14.7. The molecule has 0 aromatic heterocycles. The zero-order chi connectivity index (χ0) is 20.5. The highest BCUT2D eigenvalue weighted by molar-refractivity contribution is 5.97. The van der Waals surface area contributed by atoms with Crippen molar-refractivity contribution in [3.63, 3.8) is 0 Å². The Labute approximate surface area is 179 Å². The van der Waals surface area contributed by atoms with Crippen molar-refractivity contribution in [1.29, 1.82) is 0 Å². The van der Waals surface area contributed by atoms with Gasteiger partial charge in [-0.05, 0) is 68.5 Å². The Bertz CT molecular complexity index is 1210. The van der Waals surface area contributed by atoms with Gasteiger partial charge in [-0.3, -0.25) is 0 Å². The van der Waals surface area contributed by atoms with E-state index in [4.69, 9.17) is 0 Å². The van der Waals surface area contributed by atoms with Crippen LogP contribution in [-0.2, 0) is 6.42 Å². The predicted molar refractivity (Wildman–Crippen MR) is 129 cm³/mol. The first kappa shape index (κ1) is 18.6. The summed E-state index contributed by atoms with van der Waals surface area (Å²) in [7, 11) is 0. The molecule has 0 saturated heterocycles. The van der Waals surface area contributed by atoms with Gasteiger partial charge in [0, 0.05) is 0 Å². The van der Waals surface area contributed by atoms with Crippen molar-refractivity contribution in [3.8, 4) is 22.3 Å². The summed E-state index contributed by atoms with van der Waals surface area (Å²) in [4.78, 5) is 0. The van der Waals surface area contributed by atoms with E-state index in [1.165, 1.54) is 50.1 Å². The lowest BCUT2D eigenvalue weighted by Gasteiger charge is -2.20. The highest BCUT2D eigenvalue weighted by atomic mass is 14.3. The molecule has 0 radical (unpaired) electrons. The van der Waals surface area contributed by atoms with Gasteiger partial charge in [0.25, 0.3) is 0 Å². The van der Waals surface area contributed by atoms with Gasteiger partial charge in [0.2, 0.25) is 0 Å². The fraction of sp³-hybridized carbons (Fsp3) is 0.133. The SMILES string of the molecule is CC(C)c1ccc2c(c1-c1ccccc1-c1ccccc1)C=C(c1ccccc1)C2. The molecule has 30 heavy (non-hydrogen) atoms. The van der Waals surface area contributed by atoms with Crippen LogP contribution in [0.5, 0.6) is 0 Å². The molecule has 0 heterocycles. The van der Waals surface area contributed by atoms with Crippen molar-refractivity contribution in [1.82, 2.24) is 0 Å². The normalized spacial score (nSPS) is 12.7. The van der Waals surface area contributed by atoms with Crippen molar-refractivity contribution < 1.29 is 0 Å². The lowest BCUT2D eigenvalue weighted by atomic mass is 9.84. The Morgan fingerprint density at radius 3 is 1.87 bits per heavy atom. The van der Waals surface area contributed by atoms with Crippen LogP contribution >= 0.6 is 0 Å². The van der Waals surface area contributed by atoms with Crippen LogP contribution in [0.15, 0.2) is 97.1 Å². The third-order valence-corrected chi connectivity index (χ3v) is 6.12. The lowest BCUT2D eigenvalue weighted by Crippen LogP contribution is -1.98. The summed E-state index contributed by atoms with van der Waals surface area (Å²) in [6, 6.07) is 35.1. The predicted octanol–water partition coefficient (Wildman–Crippen LogP) is 8.24. The van der Waals surface area contributed by atoms with Gasteiger partial charge in [-0.15, -0.1) is 0 Å². The fourth-order valence-corrected chi connectivity index (χ4v) is 4.62. The topological polar surface area (TPSA) is 0 Å². The summed E-state index contributed by atoms with van der Waals surface area (Å²) in [5.74, 6) is 0.461. The van der Waals surface area contributed by atoms with Crippen LogP contribution in [-0.4, -0.2) is 0 Å². The van der Waals surface area contributed by atoms with E-state index in [2.05, 4.69) is 117 Å². The minimum atomic E-state index is 0.461. The van der Waals surface area contributed by atoms with Crippen LogP contribution in [0.2, 0.25) is 0 Å². The molecule has 4 aromatic carbocycles. The van der Waals surface area contributed by atoms with Crippen LogP contribution in [0, 0.1) is 0 Å². The van der Waals surface area contributed by atoms with Gasteiger partial charge in [0.15, 0.2) is 0 Å². The van der Waals surface area contributed by atoms with Crippen LogP contribution in [0.4, 0.5) is 0 Å². The number of rotatable bonds is 4. The molecule has 0 nitrogen and oxygen atoms in total. The first-order valence-corrected chi connectivity index (χ1v) is 10.8. The van der Waals surface area contributed by atoms with E-state index in [0.717, 1.165) is 6.42 Å². The van der Waals surface area contributed by atoms with Crippen molar-refractivity contribution in [2.24, 2.45) is 0 Å². The van der Waals surface area contributed by atoms with E-state index < -0.39 is 0 Å². The molecular weight excluding hydrogens is 360 g/mol. The number of benzene rings is 4. The van der Waals surface area contributed by atoms with Gasteiger partial charge < -0.3 is 0 Å². The third kappa shape index (κ3) is 3.29. The van der Waals surface area contributed by atoms with E-state index in [-0.39, 0.29) is 0 Å². The highest BCUT2D eigenvalue weighted by Gasteiger charge is 2.23. The maximum absolute atomic E-state index is 2.42. The van der Waals surface area contributed by atoms with Crippen molar-refractivity contribution in [2.45, 2.75) is 26.2 Å². The zero-order valence-corrected chi connectivity index (χ0v) is 17.6. The molecule has 0 N–H and O–H groups in total. The van der Waals surface area contributed by atoms with Gasteiger partial charge in [0.05, 0.1) is 0 Å². The standard InChI is InChI=1S/C30H26/c1-21(2)26-18-17-24-19-25(22-11-5-3-6-12-22)20-29(24)30(26)28-16-10-9-15-27(28)23-13-7-4-8-14-23/h3-18,20-21H,19H2,1-2H3. The van der Waals surface area contributed by atoms with Crippen LogP contribution < -0.4 is 0 Å². The summed E-state index contributed by atoms with van der Waals surface area (Å²) < 4.78 is 0. The molecular formula is C30H26. The molecule has 0 aliphatic heterocycles. The fourth-order valence-electron chi connectivity index (χ4n) is 4.62. The molecule has 0 fully saturated rings. The molecule has 0 saturated carbocycles. The molecule has 4 aromatic rings. The van der Waals surface area contributed by atoms with Crippen LogP contribution in [0.1, 0.15) is 42.0 Å². The Morgan fingerprint density at radius 1 is 0.600 bits per heavy atom. The number of hydrogen-bond donors (Lipinski definition) is 0. The highest BCUT2D eigenvalue weighted by Crippen LogP contribution is 2.44. The molecule has 0 amide bonds. The van der Waals surface area contributed by atoms with E-state index in [1.807, 2.05) is 0 Å². The minimum absolute atomic E-state index is 0.461. The monoisotopic (exact) mass is 386 g/mol. The first-order valence-electron chi connectivity index (χ1n) is 10.8. The Hall–Kier alpha value is -3.38. The van der Waals surface area contributed by atoms with Crippen molar-refractivity contribution in [3.05, 3.63) is 119 Å². The van der Waals surface area contributed by atoms with E-state index in [0.29, 0.717) is 5.92 Å². The molecule has 146 valence electrons. The summed E-state index contributed by atoms with van der Waals surface area (Å²) in [5, 5.41) is 0. The number of fused-ring (bicyclic) bond motifs is 1. The van der Waals surface area contributed by atoms with Crippen LogP contribution in [0.25, 0.3) is 33.9 Å². The largest absolute Gasteiger partial charge is 0.0622 e. The smallest absolute Gasteiger partial charge is 0.00134 e. The molecule has 0 atom stereocenters. The third-order valence-electron chi connectivity index (χ3n) is 6.12. The Kier molecular flexibility index (Phi) is 4.85. The molecule has 1 aliphatic carbocycles. The second kappa shape index (κ2) is 7.80. The van der Waals surface area contributed by atoms with E-state index in [9.17, 15) is 0 Å². The second-order valence-electron chi connectivity index (χ2n) is 8.38. The average molecular weight is 387 g/mol. The molecule has 0 bridgehead atoms. The molecule has 0 heteroatoms. The summed E-state index contributed by atoms with van der Waals surface area (Å²) in [5.41, 5.74) is 12.3. The van der Waals surface area contributed by atoms with E-state index in [1.54, 1.807) is 0 Å². The Morgan fingerprint density at radius 2 is 1.20 bits per heavy atom. The van der Waals surface area contributed by atoms with Crippen molar-refractivity contribution >= 4 is 11.6 Å². The molecule has 0 spiro atoms. The van der Waals surface area contributed by atoms with E-state index >= 15 is 0 Å². The maximum atomic E-state index is 2.42. The molecule has 0 unspecified atom stereocenters. The van der Waals surface area contributed by atoms with Gasteiger partial charge in [-0.2, -0.15) is 0 Å². The van der Waals surface area contributed by atoms with Gasteiger partial charge in [-0.1, -0.05) is 111 Å². The molecule has 1 aliphatic rings. The Balaban J connectivity index is 1.75. The number of hydrogen-bond acceptors (Lipinski definition) is 0. The van der Waals surface area contributed by atoms with Crippen LogP contribution in [0.3, 0.4) is 0 Å². The minimum Gasteiger partial charge on any atom is -0.0622 e. The maximum Gasteiger partial charge on any atom is -0.00134 e. The quantitative estimate of drug-likeness (QED) is 0.331. The van der Waals surface area contributed by atoms with Crippen molar-refractivity contribution in [2.75, 3.05) is 0 Å². The summed E-state index contributed by atoms with van der Waals surface area (Å²) in [6.45, 7) is 4.60. The van der Waals surface area contributed by atoms with Gasteiger partial charge in [-0.25, -0.2) is 0 Å². The second-order valence-corrected chi connectivity index (χ2v) is 8.38. The summed E-state index contributed by atoms with van der Waals surface area (Å²) >= 11 is 0.